The summed E-state index contributed by atoms with van der Waals surface area (Å²) < 4.78 is 23.2. The highest BCUT2D eigenvalue weighted by atomic mass is 35.5. The van der Waals surface area contributed by atoms with Gasteiger partial charge in [0, 0.05) is 10.4 Å². The Bertz CT molecular complexity index is 651. The molecule has 2 aromatic rings. The van der Waals surface area contributed by atoms with Crippen LogP contribution in [-0.4, -0.2) is 24.7 Å². The Morgan fingerprint density at radius 1 is 1.53 bits per heavy atom. The third-order valence-electron chi connectivity index (χ3n) is 2.48. The van der Waals surface area contributed by atoms with Crippen LogP contribution in [0.2, 0.25) is 0 Å². The number of nitrogens with one attached hydrogen (secondary N) is 1. The molecule has 0 fully saturated rings. The fraction of sp³-hybridized carbons (Fsp3) is 0.154. The van der Waals surface area contributed by atoms with Crippen molar-refractivity contribution in [1.29, 1.82) is 0 Å². The lowest BCUT2D eigenvalue weighted by Crippen LogP contribution is -2.06. The highest BCUT2D eigenvalue weighted by molar-refractivity contribution is 6.29. The molecule has 19 heavy (non-hydrogen) atoms. The second-order valence-electron chi connectivity index (χ2n) is 3.82. The van der Waals surface area contributed by atoms with Crippen LogP contribution < -0.4 is 4.74 Å². The van der Waals surface area contributed by atoms with Crippen LogP contribution in [0.15, 0.2) is 29.8 Å². The first-order chi connectivity index (χ1) is 9.02. The van der Waals surface area contributed by atoms with Crippen molar-refractivity contribution in [3.05, 3.63) is 41.3 Å². The molecule has 4 nitrogen and oxygen atoms in total. The van der Waals surface area contributed by atoms with E-state index in [1.54, 1.807) is 0 Å². The summed E-state index contributed by atoms with van der Waals surface area (Å²) >= 11 is 5.63. The van der Waals surface area contributed by atoms with Gasteiger partial charge in [-0.25, -0.2) is 9.18 Å². The van der Waals surface area contributed by atoms with E-state index in [0.29, 0.717) is 10.9 Å². The second-order valence-corrected chi connectivity index (χ2v) is 4.35. The van der Waals surface area contributed by atoms with Crippen molar-refractivity contribution in [1.82, 2.24) is 4.98 Å². The van der Waals surface area contributed by atoms with E-state index in [1.165, 1.54) is 25.3 Å². The molecule has 1 heterocycles. The van der Waals surface area contributed by atoms with Crippen molar-refractivity contribution in [2.75, 3.05) is 13.7 Å². The standard InChI is InChI=1S/C13H11ClFNO3/c1-7(14)6-19-12-9-4-3-8(15)5-10(9)16-11(12)13(17)18-2/h3-5,16H,1,6H2,2H3. The lowest BCUT2D eigenvalue weighted by molar-refractivity contribution is 0.0591. The first-order valence-corrected chi connectivity index (χ1v) is 5.76. The molecule has 6 heteroatoms. The molecule has 0 radical (unpaired) electrons. The average Bonchev–Trinajstić information content (AvgIpc) is 2.72. The molecular weight excluding hydrogens is 273 g/mol. The van der Waals surface area contributed by atoms with E-state index < -0.39 is 11.8 Å². The summed E-state index contributed by atoms with van der Waals surface area (Å²) in [6.07, 6.45) is 0. The van der Waals surface area contributed by atoms with Gasteiger partial charge in [-0.15, -0.1) is 0 Å². The minimum atomic E-state index is -0.605. The van der Waals surface area contributed by atoms with Crippen LogP contribution in [0.25, 0.3) is 10.9 Å². The zero-order valence-electron chi connectivity index (χ0n) is 10.1. The lowest BCUT2D eigenvalue weighted by atomic mass is 10.2. The molecule has 0 bridgehead atoms. The van der Waals surface area contributed by atoms with Gasteiger partial charge in [0.1, 0.15) is 12.4 Å². The number of hydrogen-bond acceptors (Lipinski definition) is 3. The first-order valence-electron chi connectivity index (χ1n) is 5.38. The summed E-state index contributed by atoms with van der Waals surface area (Å²) in [4.78, 5) is 14.4. The van der Waals surface area contributed by atoms with E-state index >= 15 is 0 Å². The number of carbonyl (C=O) groups is 1. The molecule has 100 valence electrons. The predicted octanol–water partition coefficient (Wildman–Crippen LogP) is 3.22. The minimum absolute atomic E-state index is 0.0376. The van der Waals surface area contributed by atoms with E-state index in [9.17, 15) is 9.18 Å². The Balaban J connectivity index is 2.54. The number of rotatable bonds is 4. The summed E-state index contributed by atoms with van der Waals surface area (Å²) in [5, 5.41) is 0.854. The van der Waals surface area contributed by atoms with Gasteiger partial charge in [-0.3, -0.25) is 0 Å². The monoisotopic (exact) mass is 283 g/mol. The highest BCUT2D eigenvalue weighted by Gasteiger charge is 2.20. The van der Waals surface area contributed by atoms with Crippen LogP contribution in [0.5, 0.6) is 5.75 Å². The van der Waals surface area contributed by atoms with Crippen molar-refractivity contribution < 1.29 is 18.7 Å². The highest BCUT2D eigenvalue weighted by Crippen LogP contribution is 2.31. The molecule has 0 spiro atoms. The van der Waals surface area contributed by atoms with Gasteiger partial charge in [0.15, 0.2) is 11.4 Å². The normalized spacial score (nSPS) is 10.5. The summed E-state index contributed by atoms with van der Waals surface area (Å²) in [5.41, 5.74) is 0.552. The summed E-state index contributed by atoms with van der Waals surface area (Å²) in [7, 11) is 1.25. The van der Waals surface area contributed by atoms with Gasteiger partial charge in [0.2, 0.25) is 0 Å². The van der Waals surface area contributed by atoms with Gasteiger partial charge < -0.3 is 14.5 Å². The minimum Gasteiger partial charge on any atom is -0.485 e. The quantitative estimate of drug-likeness (QED) is 0.877. The maximum atomic E-state index is 13.2. The lowest BCUT2D eigenvalue weighted by Gasteiger charge is -2.05. The molecule has 1 aromatic carbocycles. The van der Waals surface area contributed by atoms with E-state index in [4.69, 9.17) is 16.3 Å². The molecule has 0 atom stereocenters. The number of hydrogen-bond donors (Lipinski definition) is 1. The van der Waals surface area contributed by atoms with Crippen LogP contribution in [0.3, 0.4) is 0 Å². The van der Waals surface area contributed by atoms with Crippen molar-refractivity contribution in [2.24, 2.45) is 0 Å². The Labute approximate surface area is 113 Å². The Kier molecular flexibility index (Phi) is 3.76. The van der Waals surface area contributed by atoms with Gasteiger partial charge in [0.05, 0.1) is 12.6 Å². The average molecular weight is 284 g/mol. The topological polar surface area (TPSA) is 51.3 Å². The number of fused-ring (bicyclic) bond motifs is 1. The maximum absolute atomic E-state index is 13.2. The van der Waals surface area contributed by atoms with Crippen LogP contribution in [-0.2, 0) is 4.74 Å². The third kappa shape index (κ3) is 2.71. The predicted molar refractivity (Wildman–Crippen MR) is 70.1 cm³/mol. The Morgan fingerprint density at radius 3 is 2.89 bits per heavy atom. The number of esters is 1. The molecule has 0 aliphatic carbocycles. The number of aromatic amines is 1. The van der Waals surface area contributed by atoms with Crippen molar-refractivity contribution in [3.8, 4) is 5.75 Å². The summed E-state index contributed by atoms with van der Waals surface area (Å²) in [6, 6.07) is 4.06. The zero-order valence-corrected chi connectivity index (χ0v) is 10.9. The number of halogens is 2. The van der Waals surface area contributed by atoms with E-state index in [0.717, 1.165) is 0 Å². The molecule has 0 aliphatic heterocycles. The van der Waals surface area contributed by atoms with E-state index in [-0.39, 0.29) is 23.1 Å². The molecule has 0 saturated carbocycles. The number of ether oxygens (including phenoxy) is 2. The number of H-pyrrole nitrogens is 1. The van der Waals surface area contributed by atoms with Crippen LogP contribution in [0.1, 0.15) is 10.5 Å². The van der Waals surface area contributed by atoms with Gasteiger partial charge in [-0.1, -0.05) is 18.2 Å². The molecule has 0 amide bonds. The Hall–Kier alpha value is -2.01. The summed E-state index contributed by atoms with van der Waals surface area (Å²) in [6.45, 7) is 3.54. The second kappa shape index (κ2) is 5.32. The van der Waals surface area contributed by atoms with E-state index in [1.807, 2.05) is 0 Å². The van der Waals surface area contributed by atoms with Gasteiger partial charge in [0.25, 0.3) is 0 Å². The molecule has 0 saturated heterocycles. The third-order valence-corrected chi connectivity index (χ3v) is 2.58. The zero-order chi connectivity index (χ0) is 14.0. The summed E-state index contributed by atoms with van der Waals surface area (Å²) in [5.74, 6) is -0.756. The smallest absolute Gasteiger partial charge is 0.358 e. The molecular formula is C13H11ClFNO3. The van der Waals surface area contributed by atoms with E-state index in [2.05, 4.69) is 16.3 Å². The number of carbonyl (C=O) groups excluding carboxylic acids is 1. The van der Waals surface area contributed by atoms with Gasteiger partial charge in [-0.05, 0) is 18.2 Å². The van der Waals surface area contributed by atoms with Gasteiger partial charge >= 0.3 is 5.97 Å². The maximum Gasteiger partial charge on any atom is 0.358 e. The van der Waals surface area contributed by atoms with Crippen molar-refractivity contribution >= 4 is 28.5 Å². The largest absolute Gasteiger partial charge is 0.485 e. The molecule has 2 rings (SSSR count). The fourth-order valence-corrected chi connectivity index (χ4v) is 1.74. The molecule has 1 N–H and O–H groups in total. The number of methoxy groups -OCH3 is 1. The fourth-order valence-electron chi connectivity index (χ4n) is 1.69. The molecule has 0 unspecified atom stereocenters. The first kappa shape index (κ1) is 13.4. The molecule has 1 aromatic heterocycles. The van der Waals surface area contributed by atoms with Crippen LogP contribution >= 0.6 is 11.6 Å². The van der Waals surface area contributed by atoms with Gasteiger partial charge in [-0.2, -0.15) is 0 Å². The SMILES string of the molecule is C=C(Cl)COc1c(C(=O)OC)[nH]c2cc(F)ccc12. The van der Waals surface area contributed by atoms with Crippen molar-refractivity contribution in [3.63, 3.8) is 0 Å². The van der Waals surface area contributed by atoms with Crippen LogP contribution in [0, 0.1) is 5.82 Å². The number of aromatic nitrogens is 1. The Morgan fingerprint density at radius 2 is 2.26 bits per heavy atom. The molecule has 0 aliphatic rings. The number of benzene rings is 1. The van der Waals surface area contributed by atoms with Crippen LogP contribution in [0.4, 0.5) is 4.39 Å². The van der Waals surface area contributed by atoms with Crippen molar-refractivity contribution in [2.45, 2.75) is 0 Å².